The smallest absolute Gasteiger partial charge is 0.338 e. The summed E-state index contributed by atoms with van der Waals surface area (Å²) in [4.78, 5) is 22.2. The van der Waals surface area contributed by atoms with Crippen LogP contribution >= 0.6 is 0 Å². The molecule has 0 saturated carbocycles. The van der Waals surface area contributed by atoms with Crippen LogP contribution in [-0.4, -0.2) is 66.2 Å². The van der Waals surface area contributed by atoms with Gasteiger partial charge in [-0.3, -0.25) is 10.1 Å². The molecule has 6 atom stereocenters. The normalized spacial score (nSPS) is 31.6. The summed E-state index contributed by atoms with van der Waals surface area (Å²) >= 11 is 0. The number of carbonyl (C=O) groups is 1. The van der Waals surface area contributed by atoms with E-state index >= 15 is 0 Å². The van der Waals surface area contributed by atoms with E-state index in [9.17, 15) is 20.0 Å². The van der Waals surface area contributed by atoms with Gasteiger partial charge >= 0.3 is 5.97 Å². The highest BCUT2D eigenvalue weighted by atomic mass is 16.8. The number of fused-ring (bicyclic) bond motifs is 1. The first kappa shape index (κ1) is 19.6. The number of rotatable bonds is 5. The maximum atomic E-state index is 12.1. The van der Waals surface area contributed by atoms with Crippen molar-refractivity contribution in [3.05, 3.63) is 39.9 Å². The van der Waals surface area contributed by atoms with Crippen molar-refractivity contribution < 1.29 is 38.5 Å². The number of aliphatic hydroxyl groups excluding tert-OH is 1. The standard InChI is InChI=1S/C17H21NO9/c1-9-23-8-14-16(26-9)15(27-10(2)25-14)13(19)7-24-17(20)11-3-5-12(6-4-11)18(21)22/h3-6,9-10,13-16,19H,7-8H2,1-2H3. The van der Waals surface area contributed by atoms with Gasteiger partial charge in [0.25, 0.3) is 5.69 Å². The molecule has 148 valence electrons. The van der Waals surface area contributed by atoms with E-state index in [1.54, 1.807) is 13.8 Å². The lowest BCUT2D eigenvalue weighted by molar-refractivity contribution is -0.384. The third-order valence-corrected chi connectivity index (χ3v) is 4.33. The van der Waals surface area contributed by atoms with E-state index in [0.717, 1.165) is 0 Å². The van der Waals surface area contributed by atoms with Crippen LogP contribution in [0.15, 0.2) is 24.3 Å². The van der Waals surface area contributed by atoms with Crippen molar-refractivity contribution in [2.75, 3.05) is 13.2 Å². The van der Waals surface area contributed by atoms with Gasteiger partial charge < -0.3 is 28.8 Å². The van der Waals surface area contributed by atoms with Crippen LogP contribution in [-0.2, 0) is 23.7 Å². The Morgan fingerprint density at radius 2 is 1.96 bits per heavy atom. The van der Waals surface area contributed by atoms with E-state index in [0.29, 0.717) is 6.61 Å². The van der Waals surface area contributed by atoms with E-state index in [1.807, 2.05) is 0 Å². The molecule has 0 spiro atoms. The molecule has 2 aliphatic rings. The number of benzene rings is 1. The highest BCUT2D eigenvalue weighted by Crippen LogP contribution is 2.29. The number of carbonyl (C=O) groups excluding carboxylic acids is 1. The van der Waals surface area contributed by atoms with Gasteiger partial charge in [-0.2, -0.15) is 0 Å². The van der Waals surface area contributed by atoms with Gasteiger partial charge in [-0.15, -0.1) is 0 Å². The molecular weight excluding hydrogens is 362 g/mol. The zero-order chi connectivity index (χ0) is 19.6. The molecule has 2 saturated heterocycles. The lowest BCUT2D eigenvalue weighted by Gasteiger charge is -2.45. The molecule has 0 amide bonds. The Kier molecular flexibility index (Phi) is 6.02. The number of aliphatic hydroxyl groups is 1. The molecule has 1 aromatic rings. The van der Waals surface area contributed by atoms with Gasteiger partial charge in [0.15, 0.2) is 12.6 Å². The van der Waals surface area contributed by atoms with Gasteiger partial charge in [-0.1, -0.05) is 0 Å². The number of hydrogen-bond donors (Lipinski definition) is 1. The Labute approximate surface area is 155 Å². The molecule has 3 rings (SSSR count). The Hall–Kier alpha value is -2.11. The van der Waals surface area contributed by atoms with Gasteiger partial charge in [-0.25, -0.2) is 4.79 Å². The first-order chi connectivity index (χ1) is 12.8. The summed E-state index contributed by atoms with van der Waals surface area (Å²) in [6.07, 6.45) is -3.89. The van der Waals surface area contributed by atoms with Crippen LogP contribution in [0.2, 0.25) is 0 Å². The van der Waals surface area contributed by atoms with Crippen LogP contribution in [0, 0.1) is 10.1 Å². The molecular formula is C17H21NO9. The fraction of sp³-hybridized carbons (Fsp3) is 0.588. The Balaban J connectivity index is 1.59. The third kappa shape index (κ3) is 4.60. The topological polar surface area (TPSA) is 127 Å². The molecule has 0 aliphatic carbocycles. The predicted molar refractivity (Wildman–Crippen MR) is 88.9 cm³/mol. The van der Waals surface area contributed by atoms with E-state index in [2.05, 4.69) is 0 Å². The van der Waals surface area contributed by atoms with Crippen LogP contribution in [0.25, 0.3) is 0 Å². The van der Waals surface area contributed by atoms with E-state index in [1.165, 1.54) is 24.3 Å². The molecule has 2 fully saturated rings. The Morgan fingerprint density at radius 3 is 2.63 bits per heavy atom. The van der Waals surface area contributed by atoms with Crippen LogP contribution in [0.5, 0.6) is 0 Å². The van der Waals surface area contributed by atoms with Crippen LogP contribution in [0.3, 0.4) is 0 Å². The minimum absolute atomic E-state index is 0.131. The van der Waals surface area contributed by atoms with Crippen molar-refractivity contribution in [2.24, 2.45) is 0 Å². The predicted octanol–water partition coefficient (Wildman–Crippen LogP) is 1.00. The van der Waals surface area contributed by atoms with Gasteiger partial charge in [0, 0.05) is 12.1 Å². The number of nitrogens with zero attached hydrogens (tertiary/aromatic N) is 1. The zero-order valence-electron chi connectivity index (χ0n) is 14.8. The third-order valence-electron chi connectivity index (χ3n) is 4.33. The van der Waals surface area contributed by atoms with Crippen molar-refractivity contribution >= 4 is 11.7 Å². The number of esters is 1. The second kappa shape index (κ2) is 8.28. The number of non-ortho nitro benzene ring substituents is 1. The summed E-state index contributed by atoms with van der Waals surface area (Å²) in [5, 5.41) is 21.1. The highest BCUT2D eigenvalue weighted by molar-refractivity contribution is 5.89. The first-order valence-electron chi connectivity index (χ1n) is 8.53. The molecule has 27 heavy (non-hydrogen) atoms. The van der Waals surface area contributed by atoms with E-state index < -0.39 is 47.9 Å². The van der Waals surface area contributed by atoms with Gasteiger partial charge in [0.1, 0.15) is 31.0 Å². The number of nitro benzene ring substituents is 1. The molecule has 10 heteroatoms. The molecule has 1 N–H and O–H groups in total. The second-order valence-corrected chi connectivity index (χ2v) is 6.31. The van der Waals surface area contributed by atoms with Crippen LogP contribution < -0.4 is 0 Å². The number of hydrogen-bond acceptors (Lipinski definition) is 9. The number of ether oxygens (including phenoxy) is 5. The number of nitro groups is 1. The highest BCUT2D eigenvalue weighted by Gasteiger charge is 2.46. The molecule has 1 aromatic carbocycles. The van der Waals surface area contributed by atoms with Crippen LogP contribution in [0.4, 0.5) is 5.69 Å². The molecule has 0 radical (unpaired) electrons. The summed E-state index contributed by atoms with van der Waals surface area (Å²) in [5.74, 6) is -0.707. The van der Waals surface area contributed by atoms with Gasteiger partial charge in [0.05, 0.1) is 17.1 Å². The Morgan fingerprint density at radius 1 is 1.26 bits per heavy atom. The Bertz CT molecular complexity index is 679. The maximum absolute atomic E-state index is 12.1. The molecule has 6 unspecified atom stereocenters. The lowest BCUT2D eigenvalue weighted by Crippen LogP contribution is -2.60. The van der Waals surface area contributed by atoms with Crippen molar-refractivity contribution in [2.45, 2.75) is 50.8 Å². The average molecular weight is 383 g/mol. The minimum Gasteiger partial charge on any atom is -0.459 e. The molecule has 0 bridgehead atoms. The molecule has 10 nitrogen and oxygen atoms in total. The summed E-state index contributed by atoms with van der Waals surface area (Å²) < 4.78 is 27.4. The summed E-state index contributed by atoms with van der Waals surface area (Å²) in [6, 6.07) is 4.99. The fourth-order valence-electron chi connectivity index (χ4n) is 3.02. The van der Waals surface area contributed by atoms with Gasteiger partial charge in [0.2, 0.25) is 0 Å². The molecule has 2 heterocycles. The summed E-state index contributed by atoms with van der Waals surface area (Å²) in [6.45, 7) is 3.41. The van der Waals surface area contributed by atoms with Crippen molar-refractivity contribution in [1.29, 1.82) is 0 Å². The monoisotopic (exact) mass is 383 g/mol. The maximum Gasteiger partial charge on any atom is 0.338 e. The largest absolute Gasteiger partial charge is 0.459 e. The quantitative estimate of drug-likeness (QED) is 0.450. The lowest BCUT2D eigenvalue weighted by atomic mass is 10.0. The molecule has 2 aliphatic heterocycles. The molecule has 0 aromatic heterocycles. The summed E-state index contributed by atoms with van der Waals surface area (Å²) in [5.41, 5.74) is 0.0101. The fourth-order valence-corrected chi connectivity index (χ4v) is 3.02. The first-order valence-corrected chi connectivity index (χ1v) is 8.53. The summed E-state index contributed by atoms with van der Waals surface area (Å²) in [7, 11) is 0. The van der Waals surface area contributed by atoms with Crippen molar-refractivity contribution in [3.63, 3.8) is 0 Å². The van der Waals surface area contributed by atoms with Crippen LogP contribution in [0.1, 0.15) is 24.2 Å². The SMILES string of the molecule is CC1OC2COC(C)OC2C(C(O)COC(=O)c2ccc([N+](=O)[O-])cc2)O1. The van der Waals surface area contributed by atoms with Crippen molar-refractivity contribution in [3.8, 4) is 0 Å². The van der Waals surface area contributed by atoms with Crippen molar-refractivity contribution in [1.82, 2.24) is 0 Å². The van der Waals surface area contributed by atoms with Gasteiger partial charge in [-0.05, 0) is 26.0 Å². The zero-order valence-corrected chi connectivity index (χ0v) is 14.8. The van der Waals surface area contributed by atoms with E-state index in [-0.39, 0.29) is 17.9 Å². The van der Waals surface area contributed by atoms with E-state index in [4.69, 9.17) is 23.7 Å². The average Bonchev–Trinajstić information content (AvgIpc) is 2.65. The minimum atomic E-state index is -1.14. The second-order valence-electron chi connectivity index (χ2n) is 6.31.